The summed E-state index contributed by atoms with van der Waals surface area (Å²) >= 11 is 0. The van der Waals surface area contributed by atoms with Crippen molar-refractivity contribution >= 4 is 0 Å². The van der Waals surface area contributed by atoms with Gasteiger partial charge in [-0.3, -0.25) is 0 Å². The van der Waals surface area contributed by atoms with Gasteiger partial charge in [-0.1, -0.05) is 0 Å². The van der Waals surface area contributed by atoms with Crippen LogP contribution in [0.1, 0.15) is 26.2 Å². The predicted octanol–water partition coefficient (Wildman–Crippen LogP) is 1.01. The second-order valence-electron chi connectivity index (χ2n) is 5.17. The SMILES string of the molecule is CC(CNC1CC1)N(C)CCCN(C)C. The van der Waals surface area contributed by atoms with Crippen LogP contribution in [0.3, 0.4) is 0 Å². The first kappa shape index (κ1) is 12.9. The summed E-state index contributed by atoms with van der Waals surface area (Å²) in [7, 11) is 6.51. The maximum Gasteiger partial charge on any atom is 0.0189 e. The molecule has 1 saturated carbocycles. The van der Waals surface area contributed by atoms with Crippen molar-refractivity contribution in [2.45, 2.75) is 38.3 Å². The van der Waals surface area contributed by atoms with Crippen LogP contribution < -0.4 is 5.32 Å². The maximum absolute atomic E-state index is 3.58. The average Bonchev–Trinajstić information content (AvgIpc) is 2.96. The smallest absolute Gasteiger partial charge is 0.0189 e. The summed E-state index contributed by atoms with van der Waals surface area (Å²) in [5, 5.41) is 3.58. The number of nitrogens with one attached hydrogen (secondary N) is 1. The monoisotopic (exact) mass is 213 g/mol. The van der Waals surface area contributed by atoms with Crippen LogP contribution in [-0.4, -0.2) is 62.7 Å². The van der Waals surface area contributed by atoms with Gasteiger partial charge < -0.3 is 15.1 Å². The summed E-state index contributed by atoms with van der Waals surface area (Å²) in [6, 6.07) is 1.50. The highest BCUT2D eigenvalue weighted by Gasteiger charge is 2.21. The number of rotatable bonds is 8. The van der Waals surface area contributed by atoms with Crippen molar-refractivity contribution in [1.82, 2.24) is 15.1 Å². The second kappa shape index (κ2) is 6.46. The molecule has 0 spiro atoms. The van der Waals surface area contributed by atoms with Crippen molar-refractivity contribution < 1.29 is 0 Å². The zero-order valence-corrected chi connectivity index (χ0v) is 10.8. The number of hydrogen-bond acceptors (Lipinski definition) is 3. The minimum Gasteiger partial charge on any atom is -0.312 e. The molecule has 90 valence electrons. The molecule has 0 amide bonds. The molecule has 0 aromatic heterocycles. The summed E-state index contributed by atoms with van der Waals surface area (Å²) in [5.74, 6) is 0. The van der Waals surface area contributed by atoms with E-state index in [9.17, 15) is 0 Å². The van der Waals surface area contributed by atoms with E-state index < -0.39 is 0 Å². The highest BCUT2D eigenvalue weighted by Crippen LogP contribution is 2.18. The Morgan fingerprint density at radius 2 is 1.87 bits per heavy atom. The summed E-state index contributed by atoms with van der Waals surface area (Å²) in [6.07, 6.45) is 4.03. The molecule has 0 radical (unpaired) electrons. The summed E-state index contributed by atoms with van der Waals surface area (Å²) in [5.41, 5.74) is 0. The fraction of sp³-hybridized carbons (Fsp3) is 1.00. The van der Waals surface area contributed by atoms with Gasteiger partial charge in [0.1, 0.15) is 0 Å². The van der Waals surface area contributed by atoms with Gasteiger partial charge in [0.2, 0.25) is 0 Å². The molecule has 0 saturated heterocycles. The molecule has 1 aliphatic rings. The third-order valence-electron chi connectivity index (χ3n) is 3.15. The van der Waals surface area contributed by atoms with Crippen LogP contribution in [0.15, 0.2) is 0 Å². The predicted molar refractivity (Wildman–Crippen MR) is 66.3 cm³/mol. The summed E-state index contributed by atoms with van der Waals surface area (Å²) in [6.45, 7) is 5.84. The van der Waals surface area contributed by atoms with Gasteiger partial charge in [0.05, 0.1) is 0 Å². The molecule has 1 fully saturated rings. The first-order chi connectivity index (χ1) is 7.09. The van der Waals surface area contributed by atoms with Gasteiger partial charge in [0.25, 0.3) is 0 Å². The molecular formula is C12H27N3. The molecule has 0 aliphatic heterocycles. The van der Waals surface area contributed by atoms with Crippen molar-refractivity contribution in [3.05, 3.63) is 0 Å². The van der Waals surface area contributed by atoms with Crippen LogP contribution in [-0.2, 0) is 0 Å². The van der Waals surface area contributed by atoms with E-state index in [0.29, 0.717) is 6.04 Å². The lowest BCUT2D eigenvalue weighted by Gasteiger charge is -2.25. The first-order valence-electron chi connectivity index (χ1n) is 6.18. The van der Waals surface area contributed by atoms with Crippen molar-refractivity contribution in [1.29, 1.82) is 0 Å². The van der Waals surface area contributed by atoms with Crippen molar-refractivity contribution in [3.63, 3.8) is 0 Å². The van der Waals surface area contributed by atoms with Gasteiger partial charge in [-0.15, -0.1) is 0 Å². The van der Waals surface area contributed by atoms with Crippen LogP contribution in [0.2, 0.25) is 0 Å². The Balaban J connectivity index is 2.00. The molecule has 0 heterocycles. The van der Waals surface area contributed by atoms with E-state index in [1.807, 2.05) is 0 Å². The van der Waals surface area contributed by atoms with Crippen molar-refractivity contribution in [2.24, 2.45) is 0 Å². The average molecular weight is 213 g/mol. The van der Waals surface area contributed by atoms with Gasteiger partial charge in [-0.25, -0.2) is 0 Å². The van der Waals surface area contributed by atoms with E-state index in [0.717, 1.165) is 12.6 Å². The van der Waals surface area contributed by atoms with Crippen LogP contribution >= 0.6 is 0 Å². The fourth-order valence-electron chi connectivity index (χ4n) is 1.64. The molecule has 1 atom stereocenters. The Hall–Kier alpha value is -0.120. The van der Waals surface area contributed by atoms with Gasteiger partial charge in [-0.05, 0) is 60.4 Å². The molecule has 0 aromatic rings. The van der Waals surface area contributed by atoms with E-state index in [-0.39, 0.29) is 0 Å². The molecule has 3 heteroatoms. The fourth-order valence-corrected chi connectivity index (χ4v) is 1.64. The molecule has 1 rings (SSSR count). The molecule has 0 aromatic carbocycles. The van der Waals surface area contributed by atoms with Crippen molar-refractivity contribution in [3.8, 4) is 0 Å². The number of likely N-dealkylation sites (N-methyl/N-ethyl adjacent to an activating group) is 1. The second-order valence-corrected chi connectivity index (χ2v) is 5.17. The highest BCUT2D eigenvalue weighted by molar-refractivity contribution is 4.82. The lowest BCUT2D eigenvalue weighted by Crippen LogP contribution is -2.39. The molecule has 1 unspecified atom stereocenters. The largest absolute Gasteiger partial charge is 0.312 e. The lowest BCUT2D eigenvalue weighted by atomic mass is 10.2. The summed E-state index contributed by atoms with van der Waals surface area (Å²) in [4.78, 5) is 4.71. The molecular weight excluding hydrogens is 186 g/mol. The van der Waals surface area contributed by atoms with E-state index in [2.05, 4.69) is 43.2 Å². The van der Waals surface area contributed by atoms with E-state index in [1.54, 1.807) is 0 Å². The Kier molecular flexibility index (Phi) is 5.58. The standard InChI is InChI=1S/C12H27N3/c1-11(10-13-12-6-7-12)15(4)9-5-8-14(2)3/h11-13H,5-10H2,1-4H3. The molecule has 1 N–H and O–H groups in total. The zero-order chi connectivity index (χ0) is 11.3. The van der Waals surface area contributed by atoms with Gasteiger partial charge >= 0.3 is 0 Å². The first-order valence-corrected chi connectivity index (χ1v) is 6.18. The Morgan fingerprint density at radius 3 is 2.40 bits per heavy atom. The topological polar surface area (TPSA) is 18.5 Å². The Morgan fingerprint density at radius 1 is 1.20 bits per heavy atom. The molecule has 3 nitrogen and oxygen atoms in total. The Labute approximate surface area is 94.8 Å². The molecule has 15 heavy (non-hydrogen) atoms. The minimum atomic E-state index is 0.660. The number of hydrogen-bond donors (Lipinski definition) is 1. The Bertz CT molecular complexity index is 166. The minimum absolute atomic E-state index is 0.660. The molecule has 1 aliphatic carbocycles. The van der Waals surface area contributed by atoms with Crippen LogP contribution in [0, 0.1) is 0 Å². The lowest BCUT2D eigenvalue weighted by molar-refractivity contribution is 0.236. The van der Waals surface area contributed by atoms with Crippen LogP contribution in [0.4, 0.5) is 0 Å². The van der Waals surface area contributed by atoms with E-state index >= 15 is 0 Å². The third-order valence-corrected chi connectivity index (χ3v) is 3.15. The maximum atomic E-state index is 3.58. The molecule has 0 bridgehead atoms. The normalized spacial score (nSPS) is 18.8. The van der Waals surface area contributed by atoms with E-state index in [1.165, 1.54) is 32.4 Å². The quantitative estimate of drug-likeness (QED) is 0.649. The third kappa shape index (κ3) is 6.13. The van der Waals surface area contributed by atoms with Gasteiger partial charge in [-0.2, -0.15) is 0 Å². The van der Waals surface area contributed by atoms with Crippen LogP contribution in [0.5, 0.6) is 0 Å². The zero-order valence-electron chi connectivity index (χ0n) is 10.8. The summed E-state index contributed by atoms with van der Waals surface area (Å²) < 4.78 is 0. The highest BCUT2D eigenvalue weighted by atomic mass is 15.2. The van der Waals surface area contributed by atoms with Gasteiger partial charge in [0, 0.05) is 18.6 Å². The van der Waals surface area contributed by atoms with E-state index in [4.69, 9.17) is 0 Å². The number of nitrogens with zero attached hydrogens (tertiary/aromatic N) is 2. The van der Waals surface area contributed by atoms with Crippen molar-refractivity contribution in [2.75, 3.05) is 40.8 Å². The van der Waals surface area contributed by atoms with Crippen LogP contribution in [0.25, 0.3) is 0 Å². The van der Waals surface area contributed by atoms with Gasteiger partial charge in [0.15, 0.2) is 0 Å².